The predicted molar refractivity (Wildman–Crippen MR) is 63.5 cm³/mol. The standard InChI is InChI=1S/C11H27N3/c1-11(2)10-13-7-9-14(3)8-5-4-6-12/h11,13H,4-10,12H2,1-3H3. The molecule has 14 heavy (non-hydrogen) atoms. The van der Waals surface area contributed by atoms with Crippen LogP contribution >= 0.6 is 0 Å². The van der Waals surface area contributed by atoms with E-state index in [1.165, 1.54) is 13.0 Å². The van der Waals surface area contributed by atoms with Gasteiger partial charge in [-0.1, -0.05) is 13.8 Å². The van der Waals surface area contributed by atoms with Gasteiger partial charge < -0.3 is 16.0 Å². The fourth-order valence-corrected chi connectivity index (χ4v) is 1.30. The third-order valence-electron chi connectivity index (χ3n) is 2.22. The number of nitrogens with zero attached hydrogens (tertiary/aromatic N) is 1. The van der Waals surface area contributed by atoms with Crippen LogP contribution in [-0.4, -0.2) is 44.7 Å². The van der Waals surface area contributed by atoms with Crippen molar-refractivity contribution in [3.63, 3.8) is 0 Å². The van der Waals surface area contributed by atoms with Crippen molar-refractivity contribution < 1.29 is 0 Å². The Bertz CT molecular complexity index is 115. The van der Waals surface area contributed by atoms with E-state index in [1.807, 2.05) is 0 Å². The molecule has 0 saturated carbocycles. The number of hydrogen-bond acceptors (Lipinski definition) is 3. The van der Waals surface area contributed by atoms with Crippen LogP contribution in [0.3, 0.4) is 0 Å². The quantitative estimate of drug-likeness (QED) is 0.545. The third kappa shape index (κ3) is 9.96. The van der Waals surface area contributed by atoms with Crippen molar-refractivity contribution >= 4 is 0 Å². The van der Waals surface area contributed by atoms with Crippen molar-refractivity contribution in [3.8, 4) is 0 Å². The van der Waals surface area contributed by atoms with Gasteiger partial charge in [-0.15, -0.1) is 0 Å². The average Bonchev–Trinajstić information content (AvgIpc) is 2.13. The summed E-state index contributed by atoms with van der Waals surface area (Å²) in [5.41, 5.74) is 5.44. The highest BCUT2D eigenvalue weighted by molar-refractivity contribution is 4.56. The van der Waals surface area contributed by atoms with Gasteiger partial charge >= 0.3 is 0 Å². The topological polar surface area (TPSA) is 41.3 Å². The molecule has 0 heterocycles. The van der Waals surface area contributed by atoms with Crippen LogP contribution in [0, 0.1) is 5.92 Å². The van der Waals surface area contributed by atoms with Crippen LogP contribution in [0.4, 0.5) is 0 Å². The Hall–Kier alpha value is -0.120. The van der Waals surface area contributed by atoms with E-state index >= 15 is 0 Å². The summed E-state index contributed by atoms with van der Waals surface area (Å²) in [6.07, 6.45) is 2.36. The lowest BCUT2D eigenvalue weighted by Gasteiger charge is -2.17. The molecule has 0 amide bonds. The van der Waals surface area contributed by atoms with E-state index in [-0.39, 0.29) is 0 Å². The van der Waals surface area contributed by atoms with Gasteiger partial charge in [0, 0.05) is 13.1 Å². The van der Waals surface area contributed by atoms with Crippen LogP contribution < -0.4 is 11.1 Å². The minimum atomic E-state index is 0.748. The van der Waals surface area contributed by atoms with E-state index in [9.17, 15) is 0 Å². The molecule has 0 radical (unpaired) electrons. The van der Waals surface area contributed by atoms with E-state index in [2.05, 4.69) is 31.1 Å². The molecule has 0 bridgehead atoms. The normalized spacial score (nSPS) is 11.6. The van der Waals surface area contributed by atoms with Crippen LogP contribution in [0.5, 0.6) is 0 Å². The number of rotatable bonds is 9. The fourth-order valence-electron chi connectivity index (χ4n) is 1.30. The lowest BCUT2D eigenvalue weighted by molar-refractivity contribution is 0.322. The highest BCUT2D eigenvalue weighted by atomic mass is 15.1. The number of nitrogens with two attached hydrogens (primary N) is 1. The Labute approximate surface area is 89.0 Å². The molecule has 0 aliphatic heterocycles. The van der Waals surface area contributed by atoms with Gasteiger partial charge in [0.1, 0.15) is 0 Å². The SMILES string of the molecule is CC(C)CNCCN(C)CCCCN. The minimum absolute atomic E-state index is 0.748. The minimum Gasteiger partial charge on any atom is -0.330 e. The highest BCUT2D eigenvalue weighted by Gasteiger charge is 1.97. The molecular formula is C11H27N3. The summed E-state index contributed by atoms with van der Waals surface area (Å²) in [5.74, 6) is 0.748. The van der Waals surface area contributed by atoms with Crippen molar-refractivity contribution in [2.24, 2.45) is 11.7 Å². The smallest absolute Gasteiger partial charge is 0.0104 e. The summed E-state index contributed by atoms with van der Waals surface area (Å²) in [6, 6.07) is 0. The van der Waals surface area contributed by atoms with E-state index in [0.717, 1.165) is 38.5 Å². The van der Waals surface area contributed by atoms with Gasteiger partial charge in [-0.25, -0.2) is 0 Å². The van der Waals surface area contributed by atoms with Gasteiger partial charge in [0.25, 0.3) is 0 Å². The van der Waals surface area contributed by atoms with Crippen molar-refractivity contribution in [1.82, 2.24) is 10.2 Å². The van der Waals surface area contributed by atoms with Crippen molar-refractivity contribution in [3.05, 3.63) is 0 Å². The van der Waals surface area contributed by atoms with Crippen LogP contribution in [-0.2, 0) is 0 Å². The van der Waals surface area contributed by atoms with Crippen molar-refractivity contribution in [1.29, 1.82) is 0 Å². The molecule has 0 aromatic carbocycles. The molecule has 86 valence electrons. The largest absolute Gasteiger partial charge is 0.330 e. The maximum Gasteiger partial charge on any atom is 0.0104 e. The molecule has 0 aliphatic carbocycles. The average molecular weight is 201 g/mol. The Morgan fingerprint density at radius 1 is 1.21 bits per heavy atom. The van der Waals surface area contributed by atoms with E-state index < -0.39 is 0 Å². The Morgan fingerprint density at radius 2 is 1.93 bits per heavy atom. The number of hydrogen-bond donors (Lipinski definition) is 2. The summed E-state index contributed by atoms with van der Waals surface area (Å²) in [6.45, 7) is 9.81. The van der Waals surface area contributed by atoms with Crippen LogP contribution in [0.2, 0.25) is 0 Å². The Kier molecular flexibility index (Phi) is 9.35. The van der Waals surface area contributed by atoms with Gasteiger partial charge in [0.2, 0.25) is 0 Å². The summed E-state index contributed by atoms with van der Waals surface area (Å²) < 4.78 is 0. The number of unbranched alkanes of at least 4 members (excludes halogenated alkanes) is 1. The number of likely N-dealkylation sites (N-methyl/N-ethyl adjacent to an activating group) is 1. The van der Waals surface area contributed by atoms with Gasteiger partial charge in [0.15, 0.2) is 0 Å². The first-order valence-corrected chi connectivity index (χ1v) is 5.76. The summed E-state index contributed by atoms with van der Waals surface area (Å²) in [5, 5.41) is 3.44. The molecule has 3 nitrogen and oxygen atoms in total. The molecule has 0 aromatic heterocycles. The molecule has 0 atom stereocenters. The fraction of sp³-hybridized carbons (Fsp3) is 1.00. The zero-order chi connectivity index (χ0) is 10.8. The first-order valence-electron chi connectivity index (χ1n) is 5.76. The maximum atomic E-state index is 5.44. The summed E-state index contributed by atoms with van der Waals surface area (Å²) in [7, 11) is 2.17. The van der Waals surface area contributed by atoms with E-state index in [0.29, 0.717) is 0 Å². The van der Waals surface area contributed by atoms with Crippen LogP contribution in [0.1, 0.15) is 26.7 Å². The van der Waals surface area contributed by atoms with Gasteiger partial charge in [-0.2, -0.15) is 0 Å². The zero-order valence-corrected chi connectivity index (χ0v) is 10.1. The lowest BCUT2D eigenvalue weighted by Crippen LogP contribution is -2.31. The van der Waals surface area contributed by atoms with E-state index in [4.69, 9.17) is 5.73 Å². The van der Waals surface area contributed by atoms with Crippen molar-refractivity contribution in [2.75, 3.05) is 39.8 Å². The summed E-state index contributed by atoms with van der Waals surface area (Å²) >= 11 is 0. The molecule has 0 unspecified atom stereocenters. The van der Waals surface area contributed by atoms with Gasteiger partial charge in [0.05, 0.1) is 0 Å². The molecule has 0 rings (SSSR count). The molecular weight excluding hydrogens is 174 g/mol. The van der Waals surface area contributed by atoms with E-state index in [1.54, 1.807) is 0 Å². The molecule has 0 spiro atoms. The lowest BCUT2D eigenvalue weighted by atomic mass is 10.2. The van der Waals surface area contributed by atoms with Crippen LogP contribution in [0.25, 0.3) is 0 Å². The Balaban J connectivity index is 3.14. The van der Waals surface area contributed by atoms with Gasteiger partial charge in [-0.05, 0) is 45.4 Å². The Morgan fingerprint density at radius 3 is 2.50 bits per heavy atom. The monoisotopic (exact) mass is 201 g/mol. The van der Waals surface area contributed by atoms with Crippen molar-refractivity contribution in [2.45, 2.75) is 26.7 Å². The molecule has 0 saturated heterocycles. The first kappa shape index (κ1) is 13.9. The molecule has 3 N–H and O–H groups in total. The number of nitrogens with one attached hydrogen (secondary N) is 1. The second kappa shape index (κ2) is 9.44. The summed E-state index contributed by atoms with van der Waals surface area (Å²) in [4.78, 5) is 2.36. The molecule has 0 fully saturated rings. The zero-order valence-electron chi connectivity index (χ0n) is 10.1. The second-order valence-corrected chi connectivity index (χ2v) is 4.40. The maximum absolute atomic E-state index is 5.44. The molecule has 0 aliphatic rings. The molecule has 0 aromatic rings. The highest BCUT2D eigenvalue weighted by Crippen LogP contribution is 1.91. The second-order valence-electron chi connectivity index (χ2n) is 4.40. The molecule has 3 heteroatoms. The third-order valence-corrected chi connectivity index (χ3v) is 2.22. The predicted octanol–water partition coefficient (Wildman–Crippen LogP) is 0.903. The van der Waals surface area contributed by atoms with Gasteiger partial charge in [-0.3, -0.25) is 0 Å². The first-order chi connectivity index (χ1) is 6.66. The van der Waals surface area contributed by atoms with Crippen LogP contribution in [0.15, 0.2) is 0 Å².